The molecule has 6 nitrogen and oxygen atoms in total. The molecule has 1 aromatic heterocycles. The molecule has 1 fully saturated rings. The Bertz CT molecular complexity index is 858. The Kier molecular flexibility index (Phi) is 6.54. The highest BCUT2D eigenvalue weighted by Gasteiger charge is 2.24. The average Bonchev–Trinajstić information content (AvgIpc) is 3.10. The van der Waals surface area contributed by atoms with Crippen molar-refractivity contribution in [1.29, 1.82) is 0 Å². The van der Waals surface area contributed by atoms with Crippen molar-refractivity contribution in [2.45, 2.75) is 65.7 Å². The number of benzene rings is 1. The van der Waals surface area contributed by atoms with Crippen molar-refractivity contribution in [3.8, 4) is 5.75 Å². The maximum Gasteiger partial charge on any atom is 0.419 e. The van der Waals surface area contributed by atoms with Crippen LogP contribution < -0.4 is 4.74 Å². The molecule has 0 saturated carbocycles. The number of rotatable bonds is 5. The summed E-state index contributed by atoms with van der Waals surface area (Å²) >= 11 is 0. The van der Waals surface area contributed by atoms with Gasteiger partial charge in [0.15, 0.2) is 0 Å². The second-order valence-electron chi connectivity index (χ2n) is 8.73. The number of hydrogen-bond donors (Lipinski definition) is 0. The summed E-state index contributed by atoms with van der Waals surface area (Å²) in [6, 6.07) is 4.02. The Morgan fingerprint density at radius 2 is 1.93 bits per heavy atom. The van der Waals surface area contributed by atoms with Crippen molar-refractivity contribution in [2.24, 2.45) is 0 Å². The minimum absolute atomic E-state index is 0.357. The fourth-order valence-electron chi connectivity index (χ4n) is 4.06. The van der Waals surface area contributed by atoms with Crippen LogP contribution in [0.4, 0.5) is 4.79 Å². The SMILES string of the molecule is CCOC1CCN(Cc2c(OC)cc(C)c3c2ccn3C(=O)OC(C)(C)C)CC1. The van der Waals surface area contributed by atoms with Gasteiger partial charge >= 0.3 is 6.09 Å². The van der Waals surface area contributed by atoms with E-state index in [9.17, 15) is 4.79 Å². The predicted octanol–water partition coefficient (Wildman–Crippen LogP) is 4.74. The second kappa shape index (κ2) is 8.76. The van der Waals surface area contributed by atoms with Crippen molar-refractivity contribution < 1.29 is 19.0 Å². The smallest absolute Gasteiger partial charge is 0.419 e. The summed E-state index contributed by atoms with van der Waals surface area (Å²) in [5.74, 6) is 0.865. The van der Waals surface area contributed by atoms with E-state index in [4.69, 9.17) is 14.2 Å². The Hall–Kier alpha value is -2.05. The van der Waals surface area contributed by atoms with Crippen LogP contribution in [0.25, 0.3) is 10.9 Å². The first-order valence-corrected chi connectivity index (χ1v) is 10.5. The number of piperidine rings is 1. The molecule has 0 radical (unpaired) electrons. The summed E-state index contributed by atoms with van der Waals surface area (Å²) in [5.41, 5.74) is 2.46. The third-order valence-corrected chi connectivity index (χ3v) is 5.36. The van der Waals surface area contributed by atoms with Crippen molar-refractivity contribution in [3.63, 3.8) is 0 Å². The lowest BCUT2D eigenvalue weighted by molar-refractivity contribution is 0.0125. The third-order valence-electron chi connectivity index (χ3n) is 5.36. The van der Waals surface area contributed by atoms with Crippen LogP contribution in [0.15, 0.2) is 18.3 Å². The highest BCUT2D eigenvalue weighted by atomic mass is 16.6. The van der Waals surface area contributed by atoms with Gasteiger partial charge in [-0.25, -0.2) is 4.79 Å². The van der Waals surface area contributed by atoms with Gasteiger partial charge in [0.25, 0.3) is 0 Å². The number of ether oxygens (including phenoxy) is 3. The fourth-order valence-corrected chi connectivity index (χ4v) is 4.06. The van der Waals surface area contributed by atoms with E-state index < -0.39 is 5.60 Å². The first-order chi connectivity index (χ1) is 13.7. The van der Waals surface area contributed by atoms with Crippen LogP contribution in [0.2, 0.25) is 0 Å². The summed E-state index contributed by atoms with van der Waals surface area (Å²) in [4.78, 5) is 15.2. The number of carbonyl (C=O) groups is 1. The molecular formula is C23H34N2O4. The molecule has 0 unspecified atom stereocenters. The minimum atomic E-state index is -0.540. The number of methoxy groups -OCH3 is 1. The lowest BCUT2D eigenvalue weighted by Gasteiger charge is -2.32. The summed E-state index contributed by atoms with van der Waals surface area (Å²) in [6.07, 6.45) is 3.90. The van der Waals surface area contributed by atoms with Gasteiger partial charge in [-0.2, -0.15) is 0 Å². The zero-order valence-corrected chi connectivity index (χ0v) is 18.6. The van der Waals surface area contributed by atoms with Crippen molar-refractivity contribution in [1.82, 2.24) is 9.47 Å². The highest BCUT2D eigenvalue weighted by Crippen LogP contribution is 2.34. The molecule has 160 valence electrons. The number of hydrogen-bond acceptors (Lipinski definition) is 5. The number of aromatic nitrogens is 1. The molecule has 1 aromatic carbocycles. The third kappa shape index (κ3) is 4.93. The molecule has 29 heavy (non-hydrogen) atoms. The summed E-state index contributed by atoms with van der Waals surface area (Å²) in [5, 5.41) is 1.04. The number of likely N-dealkylation sites (tertiary alicyclic amines) is 1. The van der Waals surface area contributed by atoms with Crippen LogP contribution in [-0.4, -0.2) is 54.1 Å². The average molecular weight is 403 g/mol. The largest absolute Gasteiger partial charge is 0.496 e. The summed E-state index contributed by atoms with van der Waals surface area (Å²) in [6.45, 7) is 13.2. The van der Waals surface area contributed by atoms with Crippen molar-refractivity contribution in [2.75, 3.05) is 26.8 Å². The van der Waals surface area contributed by atoms with Gasteiger partial charge in [-0.15, -0.1) is 0 Å². The van der Waals surface area contributed by atoms with E-state index in [1.165, 1.54) is 0 Å². The van der Waals surface area contributed by atoms with Crippen molar-refractivity contribution >= 4 is 17.0 Å². The number of fused-ring (bicyclic) bond motifs is 1. The molecule has 1 saturated heterocycles. The van der Waals surface area contributed by atoms with Crippen LogP contribution in [0.5, 0.6) is 5.75 Å². The Balaban J connectivity index is 1.91. The van der Waals surface area contributed by atoms with Crippen LogP contribution in [0.1, 0.15) is 51.7 Å². The van der Waals surface area contributed by atoms with E-state index in [1.54, 1.807) is 17.9 Å². The van der Waals surface area contributed by atoms with Crippen molar-refractivity contribution in [3.05, 3.63) is 29.5 Å². The molecule has 1 aliphatic rings. The normalized spacial score (nSPS) is 16.3. The van der Waals surface area contributed by atoms with E-state index >= 15 is 0 Å². The van der Waals surface area contributed by atoms with Crippen LogP contribution in [0.3, 0.4) is 0 Å². The molecule has 0 N–H and O–H groups in total. The van der Waals surface area contributed by atoms with Crippen LogP contribution in [0, 0.1) is 6.92 Å². The topological polar surface area (TPSA) is 52.9 Å². The molecule has 0 atom stereocenters. The molecule has 3 rings (SSSR count). The van der Waals surface area contributed by atoms with E-state index in [0.717, 1.165) is 66.9 Å². The highest BCUT2D eigenvalue weighted by molar-refractivity contribution is 5.95. The minimum Gasteiger partial charge on any atom is -0.496 e. The monoisotopic (exact) mass is 402 g/mol. The molecule has 2 aromatic rings. The quantitative estimate of drug-likeness (QED) is 0.723. The molecule has 1 aliphatic heterocycles. The molecule has 0 spiro atoms. The number of carbonyl (C=O) groups excluding carboxylic acids is 1. The van der Waals surface area contributed by atoms with Gasteiger partial charge in [-0.3, -0.25) is 9.47 Å². The fraction of sp³-hybridized carbons (Fsp3) is 0.609. The summed E-state index contributed by atoms with van der Waals surface area (Å²) in [7, 11) is 1.70. The lowest BCUT2D eigenvalue weighted by atomic mass is 10.0. The Morgan fingerprint density at radius 1 is 1.24 bits per heavy atom. The standard InChI is InChI=1S/C23H34N2O4/c1-7-28-17-8-11-24(12-9-17)15-19-18-10-13-25(22(26)29-23(3,4)5)21(18)16(2)14-20(19)27-6/h10,13-14,17H,7-9,11-12,15H2,1-6H3. The van der Waals surface area contributed by atoms with Crippen LogP contribution >= 0.6 is 0 Å². The lowest BCUT2D eigenvalue weighted by Crippen LogP contribution is -2.36. The van der Waals surface area contributed by atoms with Gasteiger partial charge < -0.3 is 14.2 Å². The van der Waals surface area contributed by atoms with E-state index in [2.05, 4.69) is 11.8 Å². The zero-order chi connectivity index (χ0) is 21.2. The van der Waals surface area contributed by atoms with E-state index in [-0.39, 0.29) is 6.09 Å². The number of aryl methyl sites for hydroxylation is 1. The Morgan fingerprint density at radius 3 is 2.52 bits per heavy atom. The molecular weight excluding hydrogens is 368 g/mol. The molecule has 0 amide bonds. The summed E-state index contributed by atoms with van der Waals surface area (Å²) < 4.78 is 18.7. The molecule has 0 bridgehead atoms. The molecule has 6 heteroatoms. The Labute approximate surface area is 173 Å². The van der Waals surface area contributed by atoms with Gasteiger partial charge in [-0.1, -0.05) is 0 Å². The number of nitrogens with zero attached hydrogens (tertiary/aromatic N) is 2. The van der Waals surface area contributed by atoms with Crippen LogP contribution in [-0.2, 0) is 16.0 Å². The first-order valence-electron chi connectivity index (χ1n) is 10.5. The molecule has 2 heterocycles. The van der Waals surface area contributed by atoms with E-state index in [1.807, 2.05) is 39.8 Å². The van der Waals surface area contributed by atoms with Gasteiger partial charge in [0.05, 0.1) is 18.7 Å². The first kappa shape index (κ1) is 21.7. The van der Waals surface area contributed by atoms with Gasteiger partial charge in [0, 0.05) is 43.4 Å². The van der Waals surface area contributed by atoms with Gasteiger partial charge in [-0.05, 0) is 65.2 Å². The maximum atomic E-state index is 12.7. The van der Waals surface area contributed by atoms with Gasteiger partial charge in [0.1, 0.15) is 11.4 Å². The van der Waals surface area contributed by atoms with E-state index in [0.29, 0.717) is 6.10 Å². The second-order valence-corrected chi connectivity index (χ2v) is 8.73. The predicted molar refractivity (Wildman–Crippen MR) is 115 cm³/mol. The van der Waals surface area contributed by atoms with Gasteiger partial charge in [0.2, 0.25) is 0 Å². The zero-order valence-electron chi connectivity index (χ0n) is 18.6. The molecule has 0 aliphatic carbocycles. The maximum absolute atomic E-state index is 12.7.